The number of rotatable bonds is 4. The molecule has 22 heavy (non-hydrogen) atoms. The van der Waals surface area contributed by atoms with Crippen molar-refractivity contribution in [2.24, 2.45) is 11.8 Å². The van der Waals surface area contributed by atoms with Crippen molar-refractivity contribution < 1.29 is 27.9 Å². The van der Waals surface area contributed by atoms with Crippen molar-refractivity contribution >= 4 is 23.3 Å². The molecule has 10 heteroatoms. The predicted octanol–water partition coefficient (Wildman–Crippen LogP) is 1.59. The number of halogens is 3. The number of thiazole rings is 1. The molecule has 1 aromatic heterocycles. The molecule has 2 heterocycles. The first-order valence-corrected chi connectivity index (χ1v) is 7.37. The van der Waals surface area contributed by atoms with Crippen molar-refractivity contribution in [2.45, 2.75) is 12.6 Å². The third-order valence-corrected chi connectivity index (χ3v) is 4.28. The average molecular weight is 337 g/mol. The second-order valence-corrected chi connectivity index (χ2v) is 5.88. The number of hydrogen-bond donors (Lipinski definition) is 2. The van der Waals surface area contributed by atoms with Gasteiger partial charge in [0.1, 0.15) is 0 Å². The van der Waals surface area contributed by atoms with Gasteiger partial charge in [-0.2, -0.15) is 13.2 Å². The van der Waals surface area contributed by atoms with Crippen molar-refractivity contribution in [3.63, 3.8) is 0 Å². The summed E-state index contributed by atoms with van der Waals surface area (Å²) in [6, 6.07) is -0.686. The average Bonchev–Trinajstić information content (AvgIpc) is 3.06. The van der Waals surface area contributed by atoms with Crippen molar-refractivity contribution in [2.75, 3.05) is 19.6 Å². The van der Waals surface area contributed by atoms with Crippen LogP contribution in [0.4, 0.5) is 18.0 Å². The van der Waals surface area contributed by atoms with Gasteiger partial charge in [-0.3, -0.25) is 4.79 Å². The van der Waals surface area contributed by atoms with Crippen LogP contribution in [0.25, 0.3) is 0 Å². The van der Waals surface area contributed by atoms with Crippen LogP contribution in [0.2, 0.25) is 0 Å². The molecule has 1 fully saturated rings. The number of aliphatic carboxylic acids is 1. The van der Waals surface area contributed by atoms with E-state index in [0.717, 1.165) is 9.91 Å². The SMILES string of the molecule is O=C(O)[C@@H]1CN(C(=O)NCCc2nccs2)C[C@H]1C(F)(F)F. The van der Waals surface area contributed by atoms with E-state index in [2.05, 4.69) is 10.3 Å². The van der Waals surface area contributed by atoms with E-state index in [1.165, 1.54) is 11.3 Å². The normalized spacial score (nSPS) is 21.9. The summed E-state index contributed by atoms with van der Waals surface area (Å²) < 4.78 is 38.5. The molecule has 0 aromatic carbocycles. The molecule has 0 unspecified atom stereocenters. The van der Waals surface area contributed by atoms with E-state index in [4.69, 9.17) is 5.11 Å². The van der Waals surface area contributed by atoms with Crippen LogP contribution in [0.5, 0.6) is 0 Å². The Morgan fingerprint density at radius 2 is 2.18 bits per heavy atom. The Morgan fingerprint density at radius 1 is 1.45 bits per heavy atom. The van der Waals surface area contributed by atoms with Crippen LogP contribution in [-0.4, -0.2) is 52.8 Å². The number of carbonyl (C=O) groups is 2. The number of likely N-dealkylation sites (tertiary alicyclic amines) is 1. The molecule has 0 bridgehead atoms. The Bertz CT molecular complexity index is 535. The lowest BCUT2D eigenvalue weighted by molar-refractivity contribution is -0.187. The first-order chi connectivity index (χ1) is 10.3. The molecule has 122 valence electrons. The third kappa shape index (κ3) is 3.87. The number of nitrogens with zero attached hydrogens (tertiary/aromatic N) is 2. The van der Waals surface area contributed by atoms with E-state index >= 15 is 0 Å². The third-order valence-electron chi connectivity index (χ3n) is 3.44. The minimum atomic E-state index is -4.64. The molecule has 0 aliphatic carbocycles. The first-order valence-electron chi connectivity index (χ1n) is 6.49. The van der Waals surface area contributed by atoms with E-state index in [1.807, 2.05) is 0 Å². The molecule has 2 amide bonds. The van der Waals surface area contributed by atoms with Crippen LogP contribution in [0.3, 0.4) is 0 Å². The Kier molecular flexibility index (Phi) is 4.89. The summed E-state index contributed by atoms with van der Waals surface area (Å²) in [6.07, 6.45) is -2.55. The van der Waals surface area contributed by atoms with Crippen molar-refractivity contribution in [1.29, 1.82) is 0 Å². The Hall–Kier alpha value is -1.84. The molecular formula is C12H14F3N3O3S. The maximum absolute atomic E-state index is 12.8. The zero-order valence-electron chi connectivity index (χ0n) is 11.3. The highest BCUT2D eigenvalue weighted by molar-refractivity contribution is 7.09. The molecule has 0 radical (unpaired) electrons. The van der Waals surface area contributed by atoms with E-state index in [1.54, 1.807) is 11.6 Å². The standard InChI is InChI=1S/C12H14F3N3O3S/c13-12(14,15)8-6-18(5-7(8)10(19)20)11(21)17-2-1-9-16-3-4-22-9/h3-4,7-8H,1-2,5-6H2,(H,17,21)(H,19,20)/t7-,8-/m1/s1. The van der Waals surface area contributed by atoms with Gasteiger partial charge in [-0.25, -0.2) is 9.78 Å². The van der Waals surface area contributed by atoms with Crippen LogP contribution >= 0.6 is 11.3 Å². The van der Waals surface area contributed by atoms with Crippen molar-refractivity contribution in [3.8, 4) is 0 Å². The summed E-state index contributed by atoms with van der Waals surface area (Å²) in [5.74, 6) is -5.19. The molecule has 1 saturated heterocycles. The molecule has 1 aromatic rings. The van der Waals surface area contributed by atoms with Gasteiger partial charge in [0, 0.05) is 37.6 Å². The van der Waals surface area contributed by atoms with Gasteiger partial charge < -0.3 is 15.3 Å². The fourth-order valence-corrected chi connectivity index (χ4v) is 2.94. The zero-order valence-corrected chi connectivity index (χ0v) is 12.2. The molecule has 1 aliphatic heterocycles. The number of carbonyl (C=O) groups excluding carboxylic acids is 1. The van der Waals surface area contributed by atoms with Gasteiger partial charge in [0.2, 0.25) is 0 Å². The van der Waals surface area contributed by atoms with Crippen LogP contribution < -0.4 is 5.32 Å². The molecule has 0 saturated carbocycles. The minimum absolute atomic E-state index is 0.233. The fraction of sp³-hybridized carbons (Fsp3) is 0.583. The monoisotopic (exact) mass is 337 g/mol. The number of nitrogens with one attached hydrogen (secondary N) is 1. The van der Waals surface area contributed by atoms with Gasteiger partial charge in [-0.05, 0) is 0 Å². The maximum Gasteiger partial charge on any atom is 0.394 e. The van der Waals surface area contributed by atoms with E-state index < -0.39 is 43.1 Å². The molecule has 6 nitrogen and oxygen atoms in total. The van der Waals surface area contributed by atoms with Crippen molar-refractivity contribution in [1.82, 2.24) is 15.2 Å². The van der Waals surface area contributed by atoms with E-state index in [9.17, 15) is 22.8 Å². The Labute approximate surface area is 127 Å². The largest absolute Gasteiger partial charge is 0.481 e. The topological polar surface area (TPSA) is 82.5 Å². The lowest BCUT2D eigenvalue weighted by atomic mass is 9.96. The number of carboxylic acids is 1. The molecular weight excluding hydrogens is 323 g/mol. The maximum atomic E-state index is 12.8. The lowest BCUT2D eigenvalue weighted by Crippen LogP contribution is -2.40. The summed E-state index contributed by atoms with van der Waals surface area (Å²) in [6.45, 7) is -0.844. The van der Waals surface area contributed by atoms with E-state index in [-0.39, 0.29) is 6.54 Å². The number of amides is 2. The number of urea groups is 1. The Morgan fingerprint density at radius 3 is 2.68 bits per heavy atom. The van der Waals surface area contributed by atoms with Crippen LogP contribution in [0.1, 0.15) is 5.01 Å². The van der Waals surface area contributed by atoms with Crippen LogP contribution in [0, 0.1) is 11.8 Å². The number of hydrogen-bond acceptors (Lipinski definition) is 4. The zero-order chi connectivity index (χ0) is 16.3. The lowest BCUT2D eigenvalue weighted by Gasteiger charge is -2.18. The van der Waals surface area contributed by atoms with E-state index in [0.29, 0.717) is 6.42 Å². The summed E-state index contributed by atoms with van der Waals surface area (Å²) in [5, 5.41) is 14.0. The molecule has 2 atom stereocenters. The highest BCUT2D eigenvalue weighted by Gasteiger charge is 2.53. The smallest absolute Gasteiger partial charge is 0.394 e. The molecule has 2 rings (SSSR count). The van der Waals surface area contributed by atoms with Gasteiger partial charge in [0.05, 0.1) is 16.8 Å². The highest BCUT2D eigenvalue weighted by Crippen LogP contribution is 2.37. The fourth-order valence-electron chi connectivity index (χ4n) is 2.32. The Balaban J connectivity index is 1.89. The quantitative estimate of drug-likeness (QED) is 0.874. The predicted molar refractivity (Wildman–Crippen MR) is 71.5 cm³/mol. The summed E-state index contributed by atoms with van der Waals surface area (Å²) in [4.78, 5) is 27.7. The molecule has 1 aliphatic rings. The second-order valence-electron chi connectivity index (χ2n) is 4.91. The van der Waals surface area contributed by atoms with Crippen LogP contribution in [0.15, 0.2) is 11.6 Å². The summed E-state index contributed by atoms with van der Waals surface area (Å²) >= 11 is 1.41. The van der Waals surface area contributed by atoms with Gasteiger partial charge in [-0.15, -0.1) is 11.3 Å². The minimum Gasteiger partial charge on any atom is -0.481 e. The van der Waals surface area contributed by atoms with Gasteiger partial charge in [0.15, 0.2) is 0 Å². The van der Waals surface area contributed by atoms with Gasteiger partial charge >= 0.3 is 18.2 Å². The summed E-state index contributed by atoms with van der Waals surface area (Å²) in [5.41, 5.74) is 0. The number of alkyl halides is 3. The van der Waals surface area contributed by atoms with Crippen molar-refractivity contribution in [3.05, 3.63) is 16.6 Å². The van der Waals surface area contributed by atoms with Gasteiger partial charge in [-0.1, -0.05) is 0 Å². The molecule has 2 N–H and O–H groups in total. The molecule has 0 spiro atoms. The first kappa shape index (κ1) is 16.5. The highest BCUT2D eigenvalue weighted by atomic mass is 32.1. The number of carboxylic acid groups (broad SMARTS) is 1. The van der Waals surface area contributed by atoms with Gasteiger partial charge in [0.25, 0.3) is 0 Å². The van der Waals surface area contributed by atoms with Crippen LogP contribution in [-0.2, 0) is 11.2 Å². The summed E-state index contributed by atoms with van der Waals surface area (Å²) in [7, 11) is 0. The second kappa shape index (κ2) is 6.51. The number of aromatic nitrogens is 1.